The number of piperidine rings is 1. The fourth-order valence-corrected chi connectivity index (χ4v) is 3.93. The molecule has 32 heavy (non-hydrogen) atoms. The number of nitrogens with one attached hydrogen (secondary N) is 1. The second-order valence-electron chi connectivity index (χ2n) is 8.02. The van der Waals surface area contributed by atoms with E-state index in [-0.39, 0.29) is 29.9 Å². The number of Topliss-reactive ketones (excluding diaryl/α,β-unsaturated/α-hetero) is 1. The maximum absolute atomic E-state index is 13.0. The fraction of sp³-hybridized carbons (Fsp3) is 0.375. The van der Waals surface area contributed by atoms with E-state index in [4.69, 9.17) is 0 Å². The smallest absolute Gasteiger partial charge is 0.338 e. The van der Waals surface area contributed by atoms with E-state index in [1.807, 2.05) is 0 Å². The lowest BCUT2D eigenvalue weighted by Crippen LogP contribution is -2.40. The summed E-state index contributed by atoms with van der Waals surface area (Å²) in [6.45, 7) is 2.53. The van der Waals surface area contributed by atoms with Crippen molar-refractivity contribution in [2.45, 2.75) is 38.8 Å². The number of hydrogen-bond acceptors (Lipinski definition) is 3. The molecule has 0 aromatic heterocycles. The summed E-state index contributed by atoms with van der Waals surface area (Å²) in [5.74, 6) is -0.497. The zero-order valence-corrected chi connectivity index (χ0v) is 17.7. The van der Waals surface area contributed by atoms with Crippen LogP contribution in [0.1, 0.15) is 58.9 Å². The first-order chi connectivity index (χ1) is 15.1. The van der Waals surface area contributed by atoms with Gasteiger partial charge in [0.15, 0.2) is 5.78 Å². The number of carbonyl (C=O) groups is 3. The molecular formula is C24H25F3N2O3. The van der Waals surface area contributed by atoms with Crippen LogP contribution in [0.2, 0.25) is 0 Å². The summed E-state index contributed by atoms with van der Waals surface area (Å²) in [6, 6.07) is 11.1. The van der Waals surface area contributed by atoms with Gasteiger partial charge in [0.2, 0.25) is 5.91 Å². The Kier molecular flexibility index (Phi) is 7.33. The summed E-state index contributed by atoms with van der Waals surface area (Å²) < 4.78 is 37.9. The normalized spacial score (nSPS) is 16.5. The molecule has 5 nitrogen and oxygen atoms in total. The van der Waals surface area contributed by atoms with Crippen LogP contribution in [0.15, 0.2) is 48.5 Å². The molecule has 2 aromatic rings. The van der Waals surface area contributed by atoms with E-state index in [1.165, 1.54) is 19.1 Å². The Morgan fingerprint density at radius 2 is 1.69 bits per heavy atom. The molecule has 2 aromatic carbocycles. The van der Waals surface area contributed by atoms with Gasteiger partial charge in [0.1, 0.15) is 0 Å². The van der Waals surface area contributed by atoms with Gasteiger partial charge in [-0.1, -0.05) is 18.2 Å². The van der Waals surface area contributed by atoms with E-state index in [1.54, 1.807) is 29.2 Å². The van der Waals surface area contributed by atoms with Crippen LogP contribution in [-0.2, 0) is 11.0 Å². The predicted octanol–water partition coefficient (Wildman–Crippen LogP) is 5.18. The van der Waals surface area contributed by atoms with Crippen molar-refractivity contribution < 1.29 is 27.6 Å². The quantitative estimate of drug-likeness (QED) is 0.622. The van der Waals surface area contributed by atoms with Crippen molar-refractivity contribution in [1.82, 2.24) is 4.90 Å². The Morgan fingerprint density at radius 1 is 1.03 bits per heavy atom. The maximum atomic E-state index is 13.0. The topological polar surface area (TPSA) is 66.5 Å². The average molecular weight is 446 g/mol. The van der Waals surface area contributed by atoms with Gasteiger partial charge in [0.25, 0.3) is 5.91 Å². The number of alkyl halides is 3. The molecule has 0 aliphatic carbocycles. The van der Waals surface area contributed by atoms with Crippen LogP contribution < -0.4 is 5.32 Å². The van der Waals surface area contributed by atoms with E-state index in [2.05, 4.69) is 5.32 Å². The maximum Gasteiger partial charge on any atom is 0.416 e. The number of amides is 2. The zero-order valence-electron chi connectivity index (χ0n) is 17.7. The summed E-state index contributed by atoms with van der Waals surface area (Å²) in [7, 11) is 0. The molecule has 1 unspecified atom stereocenters. The van der Waals surface area contributed by atoms with Crippen molar-refractivity contribution in [3.8, 4) is 0 Å². The van der Waals surface area contributed by atoms with Gasteiger partial charge in [-0.15, -0.1) is 0 Å². The Bertz CT molecular complexity index is 987. The largest absolute Gasteiger partial charge is 0.416 e. The minimum Gasteiger partial charge on any atom is -0.338 e. The lowest BCUT2D eigenvalue weighted by Gasteiger charge is -2.33. The average Bonchev–Trinajstić information content (AvgIpc) is 2.77. The highest BCUT2D eigenvalue weighted by molar-refractivity contribution is 6.07. The second kappa shape index (κ2) is 9.97. The molecule has 1 heterocycles. The van der Waals surface area contributed by atoms with Crippen LogP contribution in [0.4, 0.5) is 18.9 Å². The third-order valence-electron chi connectivity index (χ3n) is 5.62. The standard InChI is InChI=1S/C24H25F3N2O3/c1-16(30)20-6-2-3-7-21(20)23(32)29-14-4-5-17(15-29)8-13-22(31)28-19-11-9-18(10-12-19)24(25,26)27/h2-3,6-7,9-12,17H,4-5,8,13-15H2,1H3,(H,28,31). The number of rotatable bonds is 6. The van der Waals surface area contributed by atoms with Crippen LogP contribution in [0.25, 0.3) is 0 Å². The summed E-state index contributed by atoms with van der Waals surface area (Å²) in [5.41, 5.74) is 0.328. The SMILES string of the molecule is CC(=O)c1ccccc1C(=O)N1CCCC(CCC(=O)Nc2ccc(C(F)(F)F)cc2)C1. The first kappa shape index (κ1) is 23.5. The molecule has 1 atom stereocenters. The molecule has 8 heteroatoms. The highest BCUT2D eigenvalue weighted by Gasteiger charge is 2.30. The monoisotopic (exact) mass is 446 g/mol. The van der Waals surface area contributed by atoms with Crippen molar-refractivity contribution in [2.75, 3.05) is 18.4 Å². The molecule has 0 bridgehead atoms. The highest BCUT2D eigenvalue weighted by atomic mass is 19.4. The number of halogens is 3. The second-order valence-corrected chi connectivity index (χ2v) is 8.02. The first-order valence-electron chi connectivity index (χ1n) is 10.5. The van der Waals surface area contributed by atoms with E-state index in [0.717, 1.165) is 25.0 Å². The van der Waals surface area contributed by atoms with Gasteiger partial charge in [-0.2, -0.15) is 13.2 Å². The van der Waals surface area contributed by atoms with Gasteiger partial charge in [-0.3, -0.25) is 14.4 Å². The van der Waals surface area contributed by atoms with Crippen LogP contribution in [-0.4, -0.2) is 35.6 Å². The lowest BCUT2D eigenvalue weighted by atomic mass is 9.92. The van der Waals surface area contributed by atoms with Gasteiger partial charge in [-0.05, 0) is 62.4 Å². The first-order valence-corrected chi connectivity index (χ1v) is 10.5. The highest BCUT2D eigenvalue weighted by Crippen LogP contribution is 2.30. The minimum absolute atomic E-state index is 0.135. The predicted molar refractivity (Wildman–Crippen MR) is 114 cm³/mol. The van der Waals surface area contributed by atoms with Gasteiger partial charge in [0.05, 0.1) is 11.1 Å². The molecule has 170 valence electrons. The van der Waals surface area contributed by atoms with Gasteiger partial charge in [0, 0.05) is 30.8 Å². The van der Waals surface area contributed by atoms with Crippen molar-refractivity contribution in [2.24, 2.45) is 5.92 Å². The molecule has 1 saturated heterocycles. The molecule has 0 radical (unpaired) electrons. The molecule has 2 amide bonds. The Balaban J connectivity index is 1.53. The van der Waals surface area contributed by atoms with Crippen LogP contribution >= 0.6 is 0 Å². The summed E-state index contributed by atoms with van der Waals surface area (Å²) in [6.07, 6.45) is -1.97. The van der Waals surface area contributed by atoms with E-state index in [9.17, 15) is 27.6 Å². The molecule has 0 spiro atoms. The zero-order chi connectivity index (χ0) is 23.3. The summed E-state index contributed by atoms with van der Waals surface area (Å²) >= 11 is 0. The molecule has 1 aliphatic rings. The van der Waals surface area contributed by atoms with Crippen LogP contribution in [0, 0.1) is 5.92 Å². The van der Waals surface area contributed by atoms with Crippen LogP contribution in [0.3, 0.4) is 0 Å². The number of nitrogens with zero attached hydrogens (tertiary/aromatic N) is 1. The molecule has 3 rings (SSSR count). The number of anilines is 1. The molecule has 1 N–H and O–H groups in total. The van der Waals surface area contributed by atoms with Gasteiger partial charge < -0.3 is 10.2 Å². The van der Waals surface area contributed by atoms with Crippen molar-refractivity contribution in [3.63, 3.8) is 0 Å². The molecule has 0 saturated carbocycles. The van der Waals surface area contributed by atoms with Crippen molar-refractivity contribution >= 4 is 23.3 Å². The lowest BCUT2D eigenvalue weighted by molar-refractivity contribution is -0.137. The van der Waals surface area contributed by atoms with E-state index < -0.39 is 11.7 Å². The Morgan fingerprint density at radius 3 is 2.31 bits per heavy atom. The number of benzene rings is 2. The fourth-order valence-electron chi connectivity index (χ4n) is 3.93. The van der Waals surface area contributed by atoms with E-state index in [0.29, 0.717) is 36.3 Å². The number of carbonyl (C=O) groups excluding carboxylic acids is 3. The Hall–Kier alpha value is -3.16. The van der Waals surface area contributed by atoms with Gasteiger partial charge >= 0.3 is 6.18 Å². The summed E-state index contributed by atoms with van der Waals surface area (Å²) in [4.78, 5) is 38.8. The van der Waals surface area contributed by atoms with E-state index >= 15 is 0 Å². The van der Waals surface area contributed by atoms with Crippen LogP contribution in [0.5, 0.6) is 0 Å². The molecular weight excluding hydrogens is 421 g/mol. The third kappa shape index (κ3) is 5.96. The minimum atomic E-state index is -4.42. The molecule has 1 aliphatic heterocycles. The molecule has 1 fully saturated rings. The number of likely N-dealkylation sites (tertiary alicyclic amines) is 1. The Labute approximate surface area is 184 Å². The number of hydrogen-bond donors (Lipinski definition) is 1. The van der Waals surface area contributed by atoms with Gasteiger partial charge in [-0.25, -0.2) is 0 Å². The third-order valence-corrected chi connectivity index (χ3v) is 5.62. The van der Waals surface area contributed by atoms with Crippen molar-refractivity contribution in [3.05, 3.63) is 65.2 Å². The number of ketones is 1. The summed E-state index contributed by atoms with van der Waals surface area (Å²) in [5, 5.41) is 2.62. The van der Waals surface area contributed by atoms with Crippen molar-refractivity contribution in [1.29, 1.82) is 0 Å².